The van der Waals surface area contributed by atoms with Crippen LogP contribution >= 0.6 is 11.6 Å². The van der Waals surface area contributed by atoms with Crippen molar-refractivity contribution in [2.24, 2.45) is 4.40 Å². The van der Waals surface area contributed by atoms with E-state index >= 15 is 0 Å². The third-order valence-electron chi connectivity index (χ3n) is 2.00. The first kappa shape index (κ1) is 14.2. The van der Waals surface area contributed by atoms with Crippen LogP contribution in [-0.2, 0) is 11.0 Å². The third-order valence-corrected chi connectivity index (χ3v) is 3.58. The zero-order valence-electron chi connectivity index (χ0n) is 10.4. The monoisotopic (exact) mass is 273 g/mol. The van der Waals surface area contributed by atoms with E-state index in [1.807, 2.05) is 20.8 Å². The number of methoxy groups -OCH3 is 1. The van der Waals surface area contributed by atoms with E-state index in [1.54, 1.807) is 25.3 Å². The zero-order chi connectivity index (χ0) is 13.1. The molecule has 0 saturated carbocycles. The average Bonchev–Trinajstić information content (AvgIpc) is 2.24. The molecular weight excluding hydrogens is 258 g/mol. The Bertz CT molecular complexity index is 452. The second-order valence-electron chi connectivity index (χ2n) is 4.48. The molecule has 5 heteroatoms. The Morgan fingerprint density at radius 1 is 1.41 bits per heavy atom. The first-order valence-electron chi connectivity index (χ1n) is 5.14. The third kappa shape index (κ3) is 4.13. The molecule has 0 amide bonds. The molecule has 0 aliphatic heterocycles. The van der Waals surface area contributed by atoms with Crippen LogP contribution < -0.4 is 4.74 Å². The molecule has 1 rings (SSSR count). The molecule has 17 heavy (non-hydrogen) atoms. The van der Waals surface area contributed by atoms with E-state index in [4.69, 9.17) is 16.3 Å². The van der Waals surface area contributed by atoms with Gasteiger partial charge in [0.2, 0.25) is 0 Å². The first-order chi connectivity index (χ1) is 7.84. The second kappa shape index (κ2) is 5.65. The van der Waals surface area contributed by atoms with Crippen LogP contribution in [0.1, 0.15) is 26.3 Å². The molecule has 0 spiro atoms. The molecule has 0 aliphatic rings. The summed E-state index contributed by atoms with van der Waals surface area (Å²) in [5.41, 5.74) is 0.720. The van der Waals surface area contributed by atoms with Crippen molar-refractivity contribution in [3.05, 3.63) is 28.8 Å². The quantitative estimate of drug-likeness (QED) is 0.793. The Morgan fingerprint density at radius 2 is 2.06 bits per heavy atom. The molecule has 0 bridgehead atoms. The van der Waals surface area contributed by atoms with E-state index in [-0.39, 0.29) is 4.75 Å². The summed E-state index contributed by atoms with van der Waals surface area (Å²) in [5.74, 6) is 0.657. The molecule has 0 aliphatic carbocycles. The fraction of sp³-hybridized carbons (Fsp3) is 0.417. The lowest BCUT2D eigenvalue weighted by molar-refractivity contribution is 0.414. The number of hydrogen-bond donors (Lipinski definition) is 0. The Balaban J connectivity index is 2.98. The minimum atomic E-state index is -1.28. The van der Waals surface area contributed by atoms with Gasteiger partial charge < -0.3 is 4.74 Å². The maximum Gasteiger partial charge on any atom is 0.144 e. The minimum Gasteiger partial charge on any atom is -0.496 e. The van der Waals surface area contributed by atoms with E-state index in [2.05, 4.69) is 4.40 Å². The van der Waals surface area contributed by atoms with Crippen molar-refractivity contribution in [1.29, 1.82) is 0 Å². The number of hydrogen-bond acceptors (Lipinski definition) is 2. The Labute approximate surface area is 109 Å². The summed E-state index contributed by atoms with van der Waals surface area (Å²) in [4.78, 5) is 0. The molecule has 1 atom stereocenters. The van der Waals surface area contributed by atoms with Crippen molar-refractivity contribution in [3.8, 4) is 5.75 Å². The van der Waals surface area contributed by atoms with E-state index in [9.17, 15) is 4.21 Å². The molecule has 1 aromatic carbocycles. The highest BCUT2D eigenvalue weighted by Crippen LogP contribution is 2.21. The Kier molecular flexibility index (Phi) is 4.71. The molecule has 0 heterocycles. The van der Waals surface area contributed by atoms with E-state index in [0.29, 0.717) is 10.8 Å². The number of rotatable bonds is 3. The highest BCUT2D eigenvalue weighted by atomic mass is 35.5. The Hall–Kier alpha value is -0.870. The average molecular weight is 274 g/mol. The van der Waals surface area contributed by atoms with Crippen LogP contribution in [0.2, 0.25) is 5.02 Å². The fourth-order valence-electron chi connectivity index (χ4n) is 1.07. The summed E-state index contributed by atoms with van der Waals surface area (Å²) < 4.78 is 20.6. The van der Waals surface area contributed by atoms with Gasteiger partial charge in [0.1, 0.15) is 16.7 Å². The molecule has 0 saturated heterocycles. The SMILES string of the molecule is COc1ccc(Cl)cc1/C=N/[S@@](=O)C(C)(C)C. The summed E-state index contributed by atoms with van der Waals surface area (Å²) in [6.07, 6.45) is 1.53. The van der Waals surface area contributed by atoms with Crippen molar-refractivity contribution in [1.82, 2.24) is 0 Å². The summed E-state index contributed by atoms with van der Waals surface area (Å²) in [6.45, 7) is 5.61. The van der Waals surface area contributed by atoms with Gasteiger partial charge in [0.05, 0.1) is 11.9 Å². The van der Waals surface area contributed by atoms with Gasteiger partial charge in [-0.1, -0.05) is 11.6 Å². The van der Waals surface area contributed by atoms with Crippen LogP contribution in [0.15, 0.2) is 22.6 Å². The van der Waals surface area contributed by atoms with Crippen molar-refractivity contribution < 1.29 is 8.95 Å². The highest BCUT2D eigenvalue weighted by molar-refractivity contribution is 7.85. The van der Waals surface area contributed by atoms with Gasteiger partial charge in [-0.05, 0) is 39.0 Å². The predicted octanol–water partition coefficient (Wildman–Crippen LogP) is 3.23. The van der Waals surface area contributed by atoms with Gasteiger partial charge in [0.15, 0.2) is 0 Å². The van der Waals surface area contributed by atoms with Crippen LogP contribution in [0.5, 0.6) is 5.75 Å². The fourth-order valence-corrected chi connectivity index (χ4v) is 1.77. The van der Waals surface area contributed by atoms with Crippen LogP contribution in [0, 0.1) is 0 Å². The van der Waals surface area contributed by atoms with Crippen LogP contribution in [0.4, 0.5) is 0 Å². The maximum atomic E-state index is 11.8. The maximum absolute atomic E-state index is 11.8. The molecule has 0 radical (unpaired) electrons. The number of nitrogens with zero attached hydrogens (tertiary/aromatic N) is 1. The number of halogens is 1. The van der Waals surface area contributed by atoms with E-state index in [1.165, 1.54) is 6.21 Å². The lowest BCUT2D eigenvalue weighted by atomic mass is 10.2. The molecule has 94 valence electrons. The molecule has 0 fully saturated rings. The lowest BCUT2D eigenvalue weighted by Gasteiger charge is -2.13. The second-order valence-corrected chi connectivity index (χ2v) is 6.85. The van der Waals surface area contributed by atoms with Gasteiger partial charge in [-0.3, -0.25) is 0 Å². The van der Waals surface area contributed by atoms with Crippen LogP contribution in [-0.4, -0.2) is 22.3 Å². The summed E-state index contributed by atoms with van der Waals surface area (Å²) in [5, 5.41) is 0.591. The van der Waals surface area contributed by atoms with Gasteiger partial charge in [0.25, 0.3) is 0 Å². The van der Waals surface area contributed by atoms with Gasteiger partial charge >= 0.3 is 0 Å². The van der Waals surface area contributed by atoms with E-state index in [0.717, 1.165) is 5.56 Å². The summed E-state index contributed by atoms with van der Waals surface area (Å²) >= 11 is 5.89. The molecule has 0 aromatic heterocycles. The molecule has 1 aromatic rings. The van der Waals surface area contributed by atoms with Gasteiger partial charge in [-0.2, -0.15) is 4.40 Å². The van der Waals surface area contributed by atoms with Crippen molar-refractivity contribution >= 4 is 28.8 Å². The largest absolute Gasteiger partial charge is 0.496 e. The van der Waals surface area contributed by atoms with Crippen LogP contribution in [0.25, 0.3) is 0 Å². The highest BCUT2D eigenvalue weighted by Gasteiger charge is 2.18. The van der Waals surface area contributed by atoms with Crippen LogP contribution in [0.3, 0.4) is 0 Å². The summed E-state index contributed by atoms with van der Waals surface area (Å²) in [7, 11) is 0.287. The summed E-state index contributed by atoms with van der Waals surface area (Å²) in [6, 6.07) is 5.21. The van der Waals surface area contributed by atoms with Gasteiger partial charge in [-0.25, -0.2) is 4.21 Å². The Morgan fingerprint density at radius 3 is 2.59 bits per heavy atom. The van der Waals surface area contributed by atoms with E-state index < -0.39 is 11.0 Å². The number of ether oxygens (including phenoxy) is 1. The minimum absolute atomic E-state index is 0.373. The van der Waals surface area contributed by atoms with Gasteiger partial charge in [-0.15, -0.1) is 0 Å². The normalized spacial score (nSPS) is 13.9. The van der Waals surface area contributed by atoms with Crippen molar-refractivity contribution in [2.45, 2.75) is 25.5 Å². The van der Waals surface area contributed by atoms with Crippen molar-refractivity contribution in [2.75, 3.05) is 7.11 Å². The molecule has 0 unspecified atom stereocenters. The standard InChI is InChI=1S/C12H16ClNO2S/c1-12(2,3)17(15)14-8-9-7-10(13)5-6-11(9)16-4/h5-8H,1-4H3/b14-8+/t17-/m0/s1. The number of benzene rings is 1. The topological polar surface area (TPSA) is 38.7 Å². The zero-order valence-corrected chi connectivity index (χ0v) is 11.9. The van der Waals surface area contributed by atoms with Gasteiger partial charge in [0, 0.05) is 16.8 Å². The lowest BCUT2D eigenvalue weighted by Crippen LogP contribution is -2.19. The first-order valence-corrected chi connectivity index (χ1v) is 6.62. The molecular formula is C12H16ClNO2S. The predicted molar refractivity (Wildman–Crippen MR) is 73.5 cm³/mol. The molecule has 0 N–H and O–H groups in total. The molecule has 3 nitrogen and oxygen atoms in total. The van der Waals surface area contributed by atoms with Crippen molar-refractivity contribution in [3.63, 3.8) is 0 Å². The smallest absolute Gasteiger partial charge is 0.144 e.